The molecule has 1 rings (SSSR count). The number of hydrogen-bond donors (Lipinski definition) is 1. The summed E-state index contributed by atoms with van der Waals surface area (Å²) >= 11 is 6.02. The molecule has 1 aromatic carbocycles. The lowest BCUT2D eigenvalue weighted by Gasteiger charge is -2.20. The van der Waals surface area contributed by atoms with Crippen LogP contribution in [0.3, 0.4) is 0 Å². The molecule has 5 nitrogen and oxygen atoms in total. The van der Waals surface area contributed by atoms with Crippen LogP contribution in [-0.2, 0) is 20.9 Å². The van der Waals surface area contributed by atoms with Crippen molar-refractivity contribution in [2.75, 3.05) is 26.8 Å². The molecule has 0 spiro atoms. The molecule has 116 valence electrons. The standard InChI is InChI=1S/C15H21ClN2O3/c1-12(19)18(8-5-9-21-2)11-15(20)17-10-13-6-3-4-7-14(13)16/h3-4,6-7H,5,8-11H2,1-2H3,(H,17,20). The van der Waals surface area contributed by atoms with Crippen LogP contribution in [0.2, 0.25) is 5.02 Å². The molecule has 0 saturated carbocycles. The predicted octanol–water partition coefficient (Wildman–Crippen LogP) is 1.84. The van der Waals surface area contributed by atoms with Gasteiger partial charge in [-0.2, -0.15) is 0 Å². The Morgan fingerprint density at radius 2 is 2.05 bits per heavy atom. The Morgan fingerprint density at radius 3 is 2.67 bits per heavy atom. The summed E-state index contributed by atoms with van der Waals surface area (Å²) in [5.41, 5.74) is 0.848. The Kier molecular flexibility index (Phi) is 7.79. The number of carbonyl (C=O) groups excluding carboxylic acids is 2. The highest BCUT2D eigenvalue weighted by Crippen LogP contribution is 2.14. The molecule has 0 aliphatic rings. The fourth-order valence-electron chi connectivity index (χ4n) is 1.81. The maximum Gasteiger partial charge on any atom is 0.239 e. The number of methoxy groups -OCH3 is 1. The topological polar surface area (TPSA) is 58.6 Å². The molecule has 21 heavy (non-hydrogen) atoms. The lowest BCUT2D eigenvalue weighted by atomic mass is 10.2. The zero-order valence-corrected chi connectivity index (χ0v) is 13.2. The lowest BCUT2D eigenvalue weighted by molar-refractivity contribution is -0.134. The molecule has 1 aromatic rings. The molecule has 0 aliphatic carbocycles. The highest BCUT2D eigenvalue weighted by molar-refractivity contribution is 6.31. The average molecular weight is 313 g/mol. The molecule has 0 fully saturated rings. The van der Waals surface area contributed by atoms with E-state index in [1.54, 1.807) is 13.2 Å². The zero-order valence-electron chi connectivity index (χ0n) is 12.4. The molecule has 0 unspecified atom stereocenters. The van der Waals surface area contributed by atoms with Crippen molar-refractivity contribution >= 4 is 23.4 Å². The van der Waals surface area contributed by atoms with Gasteiger partial charge in [-0.1, -0.05) is 29.8 Å². The van der Waals surface area contributed by atoms with E-state index < -0.39 is 0 Å². The average Bonchev–Trinajstić information content (AvgIpc) is 2.45. The first-order valence-corrected chi connectivity index (χ1v) is 7.17. The van der Waals surface area contributed by atoms with Crippen molar-refractivity contribution in [2.24, 2.45) is 0 Å². The van der Waals surface area contributed by atoms with E-state index in [2.05, 4.69) is 5.32 Å². The van der Waals surface area contributed by atoms with Gasteiger partial charge in [-0.05, 0) is 18.1 Å². The second-order valence-corrected chi connectivity index (χ2v) is 5.06. The van der Waals surface area contributed by atoms with Crippen LogP contribution in [0.1, 0.15) is 18.9 Å². The lowest BCUT2D eigenvalue weighted by Crippen LogP contribution is -2.40. The molecule has 1 N–H and O–H groups in total. The van der Waals surface area contributed by atoms with Crippen molar-refractivity contribution in [3.8, 4) is 0 Å². The van der Waals surface area contributed by atoms with E-state index in [1.165, 1.54) is 11.8 Å². The third kappa shape index (κ3) is 6.60. The summed E-state index contributed by atoms with van der Waals surface area (Å²) in [7, 11) is 1.61. The van der Waals surface area contributed by atoms with Crippen molar-refractivity contribution < 1.29 is 14.3 Å². The molecule has 0 bridgehead atoms. The van der Waals surface area contributed by atoms with Crippen molar-refractivity contribution in [2.45, 2.75) is 19.9 Å². The van der Waals surface area contributed by atoms with E-state index in [0.29, 0.717) is 31.1 Å². The number of carbonyl (C=O) groups is 2. The molecule has 0 atom stereocenters. The number of ether oxygens (including phenoxy) is 1. The molecule has 0 aromatic heterocycles. The molecule has 6 heteroatoms. The van der Waals surface area contributed by atoms with Gasteiger partial charge in [0.15, 0.2) is 0 Å². The molecule has 0 saturated heterocycles. The smallest absolute Gasteiger partial charge is 0.239 e. The summed E-state index contributed by atoms with van der Waals surface area (Å²) in [5, 5.41) is 3.38. The van der Waals surface area contributed by atoms with Crippen LogP contribution in [0.25, 0.3) is 0 Å². The normalized spacial score (nSPS) is 10.2. The second kappa shape index (κ2) is 9.37. The first kappa shape index (κ1) is 17.5. The number of nitrogens with zero attached hydrogens (tertiary/aromatic N) is 1. The van der Waals surface area contributed by atoms with E-state index in [9.17, 15) is 9.59 Å². The minimum absolute atomic E-state index is 0.0451. The fourth-order valence-corrected chi connectivity index (χ4v) is 2.01. The van der Waals surface area contributed by atoms with Gasteiger partial charge < -0.3 is 15.0 Å². The van der Waals surface area contributed by atoms with Crippen LogP contribution in [0.4, 0.5) is 0 Å². The third-order valence-corrected chi connectivity index (χ3v) is 3.36. The Balaban J connectivity index is 2.43. The van der Waals surface area contributed by atoms with Crippen LogP contribution in [-0.4, -0.2) is 43.5 Å². The Bertz CT molecular complexity index is 480. The van der Waals surface area contributed by atoms with Crippen molar-refractivity contribution in [3.63, 3.8) is 0 Å². The predicted molar refractivity (Wildman–Crippen MR) is 82.0 cm³/mol. The van der Waals surface area contributed by atoms with Crippen LogP contribution >= 0.6 is 11.6 Å². The summed E-state index contributed by atoms with van der Waals surface area (Å²) in [4.78, 5) is 24.9. The maximum atomic E-state index is 11.9. The van der Waals surface area contributed by atoms with Crippen molar-refractivity contribution in [1.82, 2.24) is 10.2 Å². The summed E-state index contributed by atoms with van der Waals surface area (Å²) in [6.45, 7) is 2.91. The van der Waals surface area contributed by atoms with E-state index in [1.807, 2.05) is 18.2 Å². The second-order valence-electron chi connectivity index (χ2n) is 4.66. The van der Waals surface area contributed by atoms with E-state index in [-0.39, 0.29) is 18.4 Å². The molecule has 0 heterocycles. The largest absolute Gasteiger partial charge is 0.385 e. The van der Waals surface area contributed by atoms with Gasteiger partial charge in [0, 0.05) is 38.8 Å². The molecule has 2 amide bonds. The van der Waals surface area contributed by atoms with Gasteiger partial charge in [-0.15, -0.1) is 0 Å². The Morgan fingerprint density at radius 1 is 1.33 bits per heavy atom. The number of rotatable bonds is 8. The molecule has 0 radical (unpaired) electrons. The Hall–Kier alpha value is -1.59. The molecule has 0 aliphatic heterocycles. The molecular formula is C15H21ClN2O3. The third-order valence-electron chi connectivity index (χ3n) is 2.99. The van der Waals surface area contributed by atoms with Crippen molar-refractivity contribution in [1.29, 1.82) is 0 Å². The summed E-state index contributed by atoms with van der Waals surface area (Å²) in [6.07, 6.45) is 0.702. The summed E-state index contributed by atoms with van der Waals surface area (Å²) in [5.74, 6) is -0.332. The number of benzene rings is 1. The van der Waals surface area contributed by atoms with E-state index in [0.717, 1.165) is 5.56 Å². The first-order chi connectivity index (χ1) is 10.0. The zero-order chi connectivity index (χ0) is 15.7. The fraction of sp³-hybridized carbons (Fsp3) is 0.467. The van der Waals surface area contributed by atoms with Gasteiger partial charge in [-0.25, -0.2) is 0 Å². The van der Waals surface area contributed by atoms with Gasteiger partial charge in [0.1, 0.15) is 0 Å². The van der Waals surface area contributed by atoms with Gasteiger partial charge >= 0.3 is 0 Å². The number of amides is 2. The quantitative estimate of drug-likeness (QED) is 0.745. The highest BCUT2D eigenvalue weighted by Gasteiger charge is 2.13. The molecular weight excluding hydrogens is 292 g/mol. The van der Waals surface area contributed by atoms with Crippen molar-refractivity contribution in [3.05, 3.63) is 34.9 Å². The first-order valence-electron chi connectivity index (χ1n) is 6.79. The Labute approximate surface area is 130 Å². The van der Waals surface area contributed by atoms with Crippen LogP contribution in [0.15, 0.2) is 24.3 Å². The number of halogens is 1. The summed E-state index contributed by atoms with van der Waals surface area (Å²) < 4.78 is 4.94. The summed E-state index contributed by atoms with van der Waals surface area (Å²) in [6, 6.07) is 7.32. The van der Waals surface area contributed by atoms with E-state index >= 15 is 0 Å². The maximum absolute atomic E-state index is 11.9. The minimum Gasteiger partial charge on any atom is -0.385 e. The van der Waals surface area contributed by atoms with Gasteiger partial charge in [-0.3, -0.25) is 9.59 Å². The van der Waals surface area contributed by atoms with Crippen LogP contribution in [0.5, 0.6) is 0 Å². The highest BCUT2D eigenvalue weighted by atomic mass is 35.5. The number of nitrogens with one attached hydrogen (secondary N) is 1. The van der Waals surface area contributed by atoms with Crippen LogP contribution < -0.4 is 5.32 Å². The monoisotopic (exact) mass is 312 g/mol. The van der Waals surface area contributed by atoms with Gasteiger partial charge in [0.05, 0.1) is 6.54 Å². The van der Waals surface area contributed by atoms with Crippen LogP contribution in [0, 0.1) is 0 Å². The van der Waals surface area contributed by atoms with Gasteiger partial charge in [0.25, 0.3) is 0 Å². The van der Waals surface area contributed by atoms with E-state index in [4.69, 9.17) is 16.3 Å². The minimum atomic E-state index is -0.206. The van der Waals surface area contributed by atoms with Gasteiger partial charge in [0.2, 0.25) is 11.8 Å². The number of hydrogen-bond acceptors (Lipinski definition) is 3. The SMILES string of the molecule is COCCCN(CC(=O)NCc1ccccc1Cl)C(C)=O.